The Kier molecular flexibility index (Phi) is 10.5. The minimum Gasteiger partial charge on any atom is -0.444 e. The second-order valence-electron chi connectivity index (χ2n) is 10.8. The quantitative estimate of drug-likeness (QED) is 0.401. The molecule has 2 aromatic rings. The first-order valence-corrected chi connectivity index (χ1v) is 13.1. The lowest BCUT2D eigenvalue weighted by Gasteiger charge is -2.38. The third-order valence-corrected chi connectivity index (χ3v) is 6.33. The summed E-state index contributed by atoms with van der Waals surface area (Å²) < 4.78 is 5.31. The van der Waals surface area contributed by atoms with Crippen LogP contribution in [0.4, 0.5) is 10.5 Å². The molecule has 0 aliphatic heterocycles. The predicted molar refractivity (Wildman–Crippen MR) is 152 cm³/mol. The van der Waals surface area contributed by atoms with Crippen LogP contribution in [0.25, 0.3) is 0 Å². The molecule has 0 spiro atoms. The molecule has 4 amide bonds. The van der Waals surface area contributed by atoms with Crippen molar-refractivity contribution in [1.29, 1.82) is 0 Å². The van der Waals surface area contributed by atoms with Crippen molar-refractivity contribution in [2.24, 2.45) is 5.73 Å². The Morgan fingerprint density at radius 1 is 0.974 bits per heavy atom. The molecule has 212 valence electrons. The van der Waals surface area contributed by atoms with Gasteiger partial charge in [0.25, 0.3) is 5.91 Å². The van der Waals surface area contributed by atoms with Gasteiger partial charge in [-0.1, -0.05) is 41.9 Å². The summed E-state index contributed by atoms with van der Waals surface area (Å²) in [7, 11) is 0. The van der Waals surface area contributed by atoms with Crippen molar-refractivity contribution in [2.45, 2.75) is 85.5 Å². The fourth-order valence-corrected chi connectivity index (χ4v) is 4.62. The van der Waals surface area contributed by atoms with E-state index in [1.54, 1.807) is 46.8 Å². The number of halogens is 1. The average molecular weight is 559 g/mol. The van der Waals surface area contributed by atoms with Crippen molar-refractivity contribution in [2.75, 3.05) is 5.32 Å². The van der Waals surface area contributed by atoms with Gasteiger partial charge in [-0.25, -0.2) is 4.79 Å². The molecule has 10 heteroatoms. The van der Waals surface area contributed by atoms with Gasteiger partial charge in [0.2, 0.25) is 11.8 Å². The number of nitrogens with two attached hydrogens (primary N) is 1. The van der Waals surface area contributed by atoms with E-state index >= 15 is 0 Å². The van der Waals surface area contributed by atoms with Gasteiger partial charge < -0.3 is 26.0 Å². The van der Waals surface area contributed by atoms with Crippen LogP contribution in [0.2, 0.25) is 5.02 Å². The molecule has 0 aliphatic carbocycles. The van der Waals surface area contributed by atoms with Crippen molar-refractivity contribution in [3.05, 3.63) is 63.7 Å². The number of benzene rings is 2. The number of hydrogen-bond acceptors (Lipinski definition) is 5. The lowest BCUT2D eigenvalue weighted by atomic mass is 9.92. The zero-order valence-corrected chi connectivity index (χ0v) is 24.6. The number of anilines is 1. The van der Waals surface area contributed by atoms with E-state index in [1.165, 1.54) is 4.90 Å². The molecule has 0 aliphatic rings. The molecular weight excluding hydrogens is 520 g/mol. The first-order valence-electron chi connectivity index (χ1n) is 12.8. The van der Waals surface area contributed by atoms with E-state index in [9.17, 15) is 19.2 Å². The number of para-hydroxylation sites is 1. The molecule has 0 heterocycles. The van der Waals surface area contributed by atoms with Gasteiger partial charge >= 0.3 is 6.09 Å². The molecule has 2 atom stereocenters. The number of primary amides is 1. The Morgan fingerprint density at radius 3 is 2.00 bits per heavy atom. The third kappa shape index (κ3) is 8.45. The van der Waals surface area contributed by atoms with Crippen LogP contribution in [0.3, 0.4) is 0 Å². The first kappa shape index (κ1) is 31.6. The van der Waals surface area contributed by atoms with Crippen LogP contribution in [-0.2, 0) is 19.1 Å². The summed E-state index contributed by atoms with van der Waals surface area (Å²) >= 11 is 6.40. The first-order chi connectivity index (χ1) is 18.0. The summed E-state index contributed by atoms with van der Waals surface area (Å²) in [5.41, 5.74) is 7.98. The number of amides is 4. The van der Waals surface area contributed by atoms with Crippen molar-refractivity contribution in [1.82, 2.24) is 10.2 Å². The van der Waals surface area contributed by atoms with E-state index < -0.39 is 54.0 Å². The van der Waals surface area contributed by atoms with Gasteiger partial charge in [0.15, 0.2) is 0 Å². The van der Waals surface area contributed by atoms with Crippen LogP contribution in [0, 0.1) is 20.8 Å². The Labute approximate surface area is 235 Å². The molecule has 0 aromatic heterocycles. The fraction of sp³-hybridized carbons (Fsp3) is 0.448. The number of nitrogens with one attached hydrogen (secondary N) is 2. The normalized spacial score (nSPS) is 12.9. The number of carbonyl (C=O) groups excluding carboxylic acids is 4. The van der Waals surface area contributed by atoms with Crippen LogP contribution in [0.15, 0.2) is 36.4 Å². The highest BCUT2D eigenvalue weighted by molar-refractivity contribution is 6.34. The minimum atomic E-state index is -1.36. The molecule has 9 nitrogen and oxygen atoms in total. The molecule has 0 saturated heterocycles. The summed E-state index contributed by atoms with van der Waals surface area (Å²) in [6.45, 7) is 14.1. The molecule has 2 aromatic carbocycles. The highest BCUT2D eigenvalue weighted by atomic mass is 35.5. The van der Waals surface area contributed by atoms with E-state index in [0.29, 0.717) is 16.3 Å². The summed E-state index contributed by atoms with van der Waals surface area (Å²) in [5, 5.41) is 5.73. The summed E-state index contributed by atoms with van der Waals surface area (Å²) in [6.07, 6.45) is -1.36. The molecule has 0 saturated carbocycles. The van der Waals surface area contributed by atoms with Crippen LogP contribution in [0.5, 0.6) is 0 Å². The topological polar surface area (TPSA) is 131 Å². The lowest BCUT2D eigenvalue weighted by Crippen LogP contribution is -2.55. The molecular formula is C29H39ClN4O5. The highest BCUT2D eigenvalue weighted by Crippen LogP contribution is 2.33. The van der Waals surface area contributed by atoms with Gasteiger partial charge in [0.1, 0.15) is 17.7 Å². The second-order valence-corrected chi connectivity index (χ2v) is 11.2. The Morgan fingerprint density at radius 2 is 1.51 bits per heavy atom. The molecule has 39 heavy (non-hydrogen) atoms. The highest BCUT2D eigenvalue weighted by Gasteiger charge is 2.39. The van der Waals surface area contributed by atoms with Gasteiger partial charge in [0.05, 0.1) is 17.1 Å². The van der Waals surface area contributed by atoms with E-state index in [4.69, 9.17) is 22.1 Å². The van der Waals surface area contributed by atoms with E-state index in [1.807, 2.05) is 45.0 Å². The van der Waals surface area contributed by atoms with Gasteiger partial charge in [-0.2, -0.15) is 0 Å². The SMILES string of the molecule is Cc1cccc(Cl)c1NC(=O)C(c1c(C)cccc1C)N(C(=O)C(CC(N)=O)NC(=O)OC(C)(C)C)C(C)C. The standard InChI is InChI=1S/C29H39ClN4O5/c1-16(2)34(27(37)21(15-22(31)35)32-28(38)39-29(6,7)8)25(23-17(3)11-9-12-18(23)4)26(36)33-24-19(5)13-10-14-20(24)30/h9-14,16,21,25H,15H2,1-8H3,(H2,31,35)(H,32,38)(H,33,36). The van der Waals surface area contributed by atoms with Crippen molar-refractivity contribution >= 4 is 41.1 Å². The number of ether oxygens (including phenoxy) is 1. The molecule has 2 rings (SSSR count). The maximum absolute atomic E-state index is 14.1. The third-order valence-electron chi connectivity index (χ3n) is 6.02. The van der Waals surface area contributed by atoms with Crippen molar-refractivity contribution in [3.63, 3.8) is 0 Å². The minimum absolute atomic E-state index is 0.351. The smallest absolute Gasteiger partial charge is 0.408 e. The van der Waals surface area contributed by atoms with Crippen molar-refractivity contribution in [3.8, 4) is 0 Å². The predicted octanol–water partition coefficient (Wildman–Crippen LogP) is 4.95. The van der Waals surface area contributed by atoms with E-state index in [-0.39, 0.29) is 0 Å². The van der Waals surface area contributed by atoms with Crippen LogP contribution in [0.1, 0.15) is 69.3 Å². The summed E-state index contributed by atoms with van der Waals surface area (Å²) in [6, 6.07) is 7.83. The molecule has 4 N–H and O–H groups in total. The largest absolute Gasteiger partial charge is 0.444 e. The zero-order chi connectivity index (χ0) is 29.7. The van der Waals surface area contributed by atoms with Crippen LogP contribution in [-0.4, -0.2) is 46.4 Å². The van der Waals surface area contributed by atoms with Gasteiger partial charge in [-0.05, 0) is 83.7 Å². The number of rotatable bonds is 9. The summed E-state index contributed by atoms with van der Waals surface area (Å²) in [5.74, 6) is -1.96. The number of alkyl carbamates (subject to hydrolysis) is 1. The zero-order valence-electron chi connectivity index (χ0n) is 23.8. The Bertz CT molecular complexity index is 1200. The molecule has 0 bridgehead atoms. The lowest BCUT2D eigenvalue weighted by molar-refractivity contribution is -0.144. The number of nitrogens with zero attached hydrogens (tertiary/aromatic N) is 1. The monoisotopic (exact) mass is 558 g/mol. The Balaban J connectivity index is 2.65. The molecule has 2 unspecified atom stereocenters. The van der Waals surface area contributed by atoms with Crippen LogP contribution >= 0.6 is 11.6 Å². The van der Waals surface area contributed by atoms with Crippen LogP contribution < -0.4 is 16.4 Å². The number of aryl methyl sites for hydroxylation is 3. The van der Waals surface area contributed by atoms with Crippen molar-refractivity contribution < 1.29 is 23.9 Å². The maximum Gasteiger partial charge on any atom is 0.408 e. The summed E-state index contributed by atoms with van der Waals surface area (Å²) in [4.78, 5) is 54.0. The second kappa shape index (κ2) is 13.0. The number of hydrogen-bond donors (Lipinski definition) is 3. The Hall–Kier alpha value is -3.59. The molecule has 0 radical (unpaired) electrons. The van der Waals surface area contributed by atoms with E-state index in [2.05, 4.69) is 10.6 Å². The average Bonchev–Trinajstić information content (AvgIpc) is 2.78. The maximum atomic E-state index is 14.1. The van der Waals surface area contributed by atoms with Gasteiger partial charge in [-0.3, -0.25) is 14.4 Å². The fourth-order valence-electron chi connectivity index (χ4n) is 4.35. The van der Waals surface area contributed by atoms with Gasteiger partial charge in [0, 0.05) is 6.04 Å². The molecule has 0 fully saturated rings. The number of carbonyl (C=O) groups is 4. The van der Waals surface area contributed by atoms with Gasteiger partial charge in [-0.15, -0.1) is 0 Å². The van der Waals surface area contributed by atoms with E-state index in [0.717, 1.165) is 16.7 Å².